The molecule has 2 aromatic rings. The standard InChI is InChI=1S/C18H21NO/c1-2-12-19-18(14-8-4-3-5-9-14)17-13-15-10-6-7-11-16(15)20-17/h3-11,17-19H,2,12-13H2,1H3. The molecule has 3 rings (SSSR count). The number of para-hydroxylation sites is 1. The van der Waals surface area contributed by atoms with Gasteiger partial charge in [0.1, 0.15) is 11.9 Å². The first kappa shape index (κ1) is 13.2. The van der Waals surface area contributed by atoms with Gasteiger partial charge in [-0.25, -0.2) is 0 Å². The Hall–Kier alpha value is -1.80. The lowest BCUT2D eigenvalue weighted by Crippen LogP contribution is -2.35. The summed E-state index contributed by atoms with van der Waals surface area (Å²) in [5.74, 6) is 1.04. The molecule has 20 heavy (non-hydrogen) atoms. The summed E-state index contributed by atoms with van der Waals surface area (Å²) in [7, 11) is 0. The van der Waals surface area contributed by atoms with E-state index in [2.05, 4.69) is 60.8 Å². The second-order valence-electron chi connectivity index (χ2n) is 5.31. The van der Waals surface area contributed by atoms with Crippen molar-refractivity contribution in [3.63, 3.8) is 0 Å². The van der Waals surface area contributed by atoms with Crippen LogP contribution in [0, 0.1) is 0 Å². The number of hydrogen-bond donors (Lipinski definition) is 1. The van der Waals surface area contributed by atoms with E-state index in [-0.39, 0.29) is 12.1 Å². The average Bonchev–Trinajstić information content (AvgIpc) is 2.92. The highest BCUT2D eigenvalue weighted by molar-refractivity contribution is 5.38. The minimum atomic E-state index is 0.182. The number of ether oxygens (including phenoxy) is 1. The summed E-state index contributed by atoms with van der Waals surface area (Å²) < 4.78 is 6.16. The first-order chi connectivity index (χ1) is 9.88. The Morgan fingerprint density at radius 2 is 1.85 bits per heavy atom. The lowest BCUT2D eigenvalue weighted by molar-refractivity contribution is 0.178. The molecule has 0 amide bonds. The second-order valence-corrected chi connectivity index (χ2v) is 5.31. The number of hydrogen-bond acceptors (Lipinski definition) is 2. The van der Waals surface area contributed by atoms with E-state index in [0.717, 1.165) is 25.1 Å². The molecule has 0 aliphatic carbocycles. The molecule has 1 aliphatic rings. The minimum Gasteiger partial charge on any atom is -0.488 e. The van der Waals surface area contributed by atoms with Gasteiger partial charge in [-0.2, -0.15) is 0 Å². The van der Waals surface area contributed by atoms with E-state index in [1.807, 2.05) is 6.07 Å². The number of rotatable bonds is 5. The van der Waals surface area contributed by atoms with Crippen LogP contribution in [-0.2, 0) is 6.42 Å². The van der Waals surface area contributed by atoms with Crippen LogP contribution in [0.1, 0.15) is 30.5 Å². The fraction of sp³-hybridized carbons (Fsp3) is 0.333. The van der Waals surface area contributed by atoms with Gasteiger partial charge in [0.15, 0.2) is 0 Å². The quantitative estimate of drug-likeness (QED) is 0.891. The highest BCUT2D eigenvalue weighted by atomic mass is 16.5. The molecule has 2 unspecified atom stereocenters. The zero-order valence-electron chi connectivity index (χ0n) is 11.9. The maximum absolute atomic E-state index is 6.16. The van der Waals surface area contributed by atoms with Crippen LogP contribution in [0.5, 0.6) is 5.75 Å². The molecule has 0 saturated carbocycles. The molecule has 0 saturated heterocycles. The van der Waals surface area contributed by atoms with Crippen LogP contribution in [0.3, 0.4) is 0 Å². The zero-order valence-corrected chi connectivity index (χ0v) is 11.9. The molecule has 2 nitrogen and oxygen atoms in total. The van der Waals surface area contributed by atoms with Crippen LogP contribution in [0.4, 0.5) is 0 Å². The first-order valence-corrected chi connectivity index (χ1v) is 7.41. The van der Waals surface area contributed by atoms with Gasteiger partial charge in [-0.15, -0.1) is 0 Å². The van der Waals surface area contributed by atoms with Gasteiger partial charge >= 0.3 is 0 Å². The van der Waals surface area contributed by atoms with E-state index in [1.54, 1.807) is 0 Å². The van der Waals surface area contributed by atoms with Crippen molar-refractivity contribution in [1.82, 2.24) is 5.32 Å². The topological polar surface area (TPSA) is 21.3 Å². The molecule has 2 heteroatoms. The fourth-order valence-electron chi connectivity index (χ4n) is 2.82. The molecule has 104 valence electrons. The van der Waals surface area contributed by atoms with Gasteiger partial charge in [-0.05, 0) is 30.2 Å². The van der Waals surface area contributed by atoms with Crippen molar-refractivity contribution in [2.75, 3.05) is 6.54 Å². The number of benzene rings is 2. The Labute approximate surface area is 120 Å². The Morgan fingerprint density at radius 3 is 2.60 bits per heavy atom. The van der Waals surface area contributed by atoms with E-state index in [1.165, 1.54) is 11.1 Å². The second kappa shape index (κ2) is 6.10. The van der Waals surface area contributed by atoms with Gasteiger partial charge in [-0.1, -0.05) is 55.5 Å². The predicted octanol–water partition coefficient (Wildman–Crippen LogP) is 3.73. The largest absolute Gasteiger partial charge is 0.488 e. The van der Waals surface area contributed by atoms with Gasteiger partial charge in [0.2, 0.25) is 0 Å². The molecular weight excluding hydrogens is 246 g/mol. The Kier molecular flexibility index (Phi) is 4.03. The van der Waals surface area contributed by atoms with Crippen LogP contribution < -0.4 is 10.1 Å². The highest BCUT2D eigenvalue weighted by Crippen LogP contribution is 2.34. The normalized spacial score (nSPS) is 18.4. The van der Waals surface area contributed by atoms with Crippen LogP contribution in [0.25, 0.3) is 0 Å². The SMILES string of the molecule is CCCNC(c1ccccc1)C1Cc2ccccc2O1. The molecule has 0 bridgehead atoms. The van der Waals surface area contributed by atoms with Crippen molar-refractivity contribution in [3.05, 3.63) is 65.7 Å². The molecule has 2 atom stereocenters. The molecule has 0 fully saturated rings. The molecule has 0 radical (unpaired) electrons. The average molecular weight is 267 g/mol. The first-order valence-electron chi connectivity index (χ1n) is 7.41. The third-order valence-electron chi connectivity index (χ3n) is 3.82. The van der Waals surface area contributed by atoms with Crippen molar-refractivity contribution < 1.29 is 4.74 Å². The third kappa shape index (κ3) is 2.70. The molecule has 1 N–H and O–H groups in total. The van der Waals surface area contributed by atoms with E-state index in [0.29, 0.717) is 0 Å². The molecule has 0 aromatic heterocycles. The van der Waals surface area contributed by atoms with Gasteiger partial charge in [0.25, 0.3) is 0 Å². The van der Waals surface area contributed by atoms with Crippen molar-refractivity contribution >= 4 is 0 Å². The lowest BCUT2D eigenvalue weighted by atomic mass is 9.97. The van der Waals surface area contributed by atoms with Crippen LogP contribution in [0.15, 0.2) is 54.6 Å². The maximum atomic E-state index is 6.16. The van der Waals surface area contributed by atoms with E-state index in [9.17, 15) is 0 Å². The van der Waals surface area contributed by atoms with Gasteiger partial charge in [-0.3, -0.25) is 0 Å². The Bertz CT molecular complexity index is 527. The Morgan fingerprint density at radius 1 is 1.10 bits per heavy atom. The van der Waals surface area contributed by atoms with E-state index >= 15 is 0 Å². The Balaban J connectivity index is 1.81. The summed E-state index contributed by atoms with van der Waals surface area (Å²) in [6, 6.07) is 19.2. The number of fused-ring (bicyclic) bond motifs is 1. The summed E-state index contributed by atoms with van der Waals surface area (Å²) in [6.45, 7) is 3.20. The summed E-state index contributed by atoms with van der Waals surface area (Å²) in [5.41, 5.74) is 2.62. The smallest absolute Gasteiger partial charge is 0.123 e. The summed E-state index contributed by atoms with van der Waals surface area (Å²) >= 11 is 0. The molecule has 2 aromatic carbocycles. The molecular formula is C18H21NO. The maximum Gasteiger partial charge on any atom is 0.123 e. The van der Waals surface area contributed by atoms with Gasteiger partial charge in [0.05, 0.1) is 6.04 Å². The molecule has 1 heterocycles. The highest BCUT2D eigenvalue weighted by Gasteiger charge is 2.30. The van der Waals surface area contributed by atoms with Crippen molar-refractivity contribution in [1.29, 1.82) is 0 Å². The van der Waals surface area contributed by atoms with Crippen molar-refractivity contribution in [2.24, 2.45) is 0 Å². The lowest BCUT2D eigenvalue weighted by Gasteiger charge is -2.25. The van der Waals surface area contributed by atoms with E-state index in [4.69, 9.17) is 4.74 Å². The van der Waals surface area contributed by atoms with E-state index < -0.39 is 0 Å². The van der Waals surface area contributed by atoms with Gasteiger partial charge < -0.3 is 10.1 Å². The minimum absolute atomic E-state index is 0.182. The molecule has 0 spiro atoms. The number of nitrogens with one attached hydrogen (secondary N) is 1. The van der Waals surface area contributed by atoms with Crippen LogP contribution in [-0.4, -0.2) is 12.6 Å². The molecule has 1 aliphatic heterocycles. The predicted molar refractivity (Wildman–Crippen MR) is 82.0 cm³/mol. The van der Waals surface area contributed by atoms with Crippen LogP contribution in [0.2, 0.25) is 0 Å². The fourth-order valence-corrected chi connectivity index (χ4v) is 2.82. The third-order valence-corrected chi connectivity index (χ3v) is 3.82. The summed E-state index contributed by atoms with van der Waals surface area (Å²) in [5, 5.41) is 3.64. The van der Waals surface area contributed by atoms with Gasteiger partial charge in [0, 0.05) is 6.42 Å². The monoisotopic (exact) mass is 267 g/mol. The van der Waals surface area contributed by atoms with Crippen molar-refractivity contribution in [2.45, 2.75) is 31.9 Å². The van der Waals surface area contributed by atoms with Crippen molar-refractivity contribution in [3.8, 4) is 5.75 Å². The summed E-state index contributed by atoms with van der Waals surface area (Å²) in [4.78, 5) is 0. The summed E-state index contributed by atoms with van der Waals surface area (Å²) in [6.07, 6.45) is 2.29. The van der Waals surface area contributed by atoms with Crippen LogP contribution >= 0.6 is 0 Å². The zero-order chi connectivity index (χ0) is 13.8.